The van der Waals surface area contributed by atoms with E-state index in [0.29, 0.717) is 19.0 Å². The van der Waals surface area contributed by atoms with Crippen LogP contribution in [-0.4, -0.2) is 59.9 Å². The summed E-state index contributed by atoms with van der Waals surface area (Å²) in [7, 11) is 0. The molecule has 1 aromatic carbocycles. The first-order valence-corrected chi connectivity index (χ1v) is 9.10. The monoisotopic (exact) mass is 327 g/mol. The topological polar surface area (TPSA) is 52.7 Å². The van der Waals surface area contributed by atoms with E-state index in [9.17, 15) is 9.59 Å². The summed E-state index contributed by atoms with van der Waals surface area (Å²) in [6.07, 6.45) is 4.46. The van der Waals surface area contributed by atoms with Gasteiger partial charge in [0.15, 0.2) is 0 Å². The van der Waals surface area contributed by atoms with Gasteiger partial charge in [-0.1, -0.05) is 24.3 Å². The third-order valence-corrected chi connectivity index (χ3v) is 5.70. The molecular weight excluding hydrogens is 302 g/mol. The average molecular weight is 327 g/mol. The first-order chi connectivity index (χ1) is 11.7. The van der Waals surface area contributed by atoms with E-state index in [4.69, 9.17) is 0 Å². The highest BCUT2D eigenvalue weighted by Crippen LogP contribution is 2.28. The quantitative estimate of drug-likeness (QED) is 0.900. The Balaban J connectivity index is 1.48. The van der Waals surface area contributed by atoms with Gasteiger partial charge < -0.3 is 10.2 Å². The van der Waals surface area contributed by atoms with Gasteiger partial charge in [0.1, 0.15) is 0 Å². The normalized spacial score (nSPS) is 24.9. The number of hydrogen-bond acceptors (Lipinski definition) is 3. The third-order valence-electron chi connectivity index (χ3n) is 5.70. The van der Waals surface area contributed by atoms with Crippen LogP contribution in [-0.2, 0) is 22.4 Å². The zero-order valence-electron chi connectivity index (χ0n) is 14.0. The second-order valence-corrected chi connectivity index (χ2v) is 7.17. The van der Waals surface area contributed by atoms with Crippen molar-refractivity contribution in [3.8, 4) is 0 Å². The number of carbonyl (C=O) groups is 2. The highest BCUT2D eigenvalue weighted by atomic mass is 16.2. The Labute approximate surface area is 143 Å². The van der Waals surface area contributed by atoms with Crippen LogP contribution in [0.4, 0.5) is 0 Å². The van der Waals surface area contributed by atoms with Crippen molar-refractivity contribution in [3.05, 3.63) is 35.4 Å². The maximum absolute atomic E-state index is 12.6. The minimum absolute atomic E-state index is 0.0183. The zero-order valence-corrected chi connectivity index (χ0v) is 14.0. The number of nitrogens with one attached hydrogen (secondary N) is 1. The van der Waals surface area contributed by atoms with Gasteiger partial charge in [0.05, 0.1) is 12.5 Å². The lowest BCUT2D eigenvalue weighted by Gasteiger charge is -2.39. The Kier molecular flexibility index (Phi) is 4.27. The van der Waals surface area contributed by atoms with Crippen molar-refractivity contribution in [2.75, 3.05) is 26.2 Å². The van der Waals surface area contributed by atoms with Crippen molar-refractivity contribution < 1.29 is 9.59 Å². The molecule has 2 heterocycles. The fourth-order valence-corrected chi connectivity index (χ4v) is 4.41. The van der Waals surface area contributed by atoms with Crippen molar-refractivity contribution in [1.29, 1.82) is 0 Å². The van der Waals surface area contributed by atoms with Gasteiger partial charge in [-0.3, -0.25) is 14.5 Å². The van der Waals surface area contributed by atoms with Crippen molar-refractivity contribution in [2.45, 2.75) is 44.2 Å². The highest BCUT2D eigenvalue weighted by molar-refractivity contribution is 5.89. The number of rotatable bonds is 3. The molecule has 1 N–H and O–H groups in total. The summed E-state index contributed by atoms with van der Waals surface area (Å²) in [6, 6.07) is 8.56. The predicted octanol–water partition coefficient (Wildman–Crippen LogP) is 0.967. The van der Waals surface area contributed by atoms with Crippen LogP contribution in [0.5, 0.6) is 0 Å². The number of likely N-dealkylation sites (tertiary alicyclic amines) is 1. The van der Waals surface area contributed by atoms with Gasteiger partial charge in [-0.15, -0.1) is 0 Å². The van der Waals surface area contributed by atoms with Crippen LogP contribution in [0.3, 0.4) is 0 Å². The molecule has 0 aromatic heterocycles. The van der Waals surface area contributed by atoms with Crippen LogP contribution in [0.15, 0.2) is 24.3 Å². The highest BCUT2D eigenvalue weighted by Gasteiger charge is 2.38. The van der Waals surface area contributed by atoms with Crippen molar-refractivity contribution in [1.82, 2.24) is 15.1 Å². The second kappa shape index (κ2) is 6.55. The SMILES string of the molecule is O=C1NCCN(C2Cc3ccccc3C2)C1CC(=O)N1CCCC1. The molecule has 2 aliphatic heterocycles. The minimum Gasteiger partial charge on any atom is -0.353 e. The molecule has 4 rings (SSSR count). The molecule has 2 fully saturated rings. The molecule has 5 heteroatoms. The molecule has 0 bridgehead atoms. The zero-order chi connectivity index (χ0) is 16.5. The smallest absolute Gasteiger partial charge is 0.237 e. The number of benzene rings is 1. The molecule has 1 aliphatic carbocycles. The summed E-state index contributed by atoms with van der Waals surface area (Å²) in [5, 5.41) is 2.95. The average Bonchev–Trinajstić information content (AvgIpc) is 3.25. The standard InChI is InChI=1S/C19H25N3O2/c23-18(21-8-3-4-9-21)13-17-19(24)20-7-10-22(17)16-11-14-5-1-2-6-15(14)12-16/h1-2,5-6,16-17H,3-4,7-13H2,(H,20,24). The molecule has 128 valence electrons. The van der Waals surface area contributed by atoms with E-state index in [1.54, 1.807) is 0 Å². The van der Waals surface area contributed by atoms with Crippen LogP contribution >= 0.6 is 0 Å². The van der Waals surface area contributed by atoms with Gasteiger partial charge in [0.2, 0.25) is 11.8 Å². The van der Waals surface area contributed by atoms with Crippen LogP contribution in [0.1, 0.15) is 30.4 Å². The fourth-order valence-electron chi connectivity index (χ4n) is 4.41. The maximum Gasteiger partial charge on any atom is 0.237 e. The summed E-state index contributed by atoms with van der Waals surface area (Å²) in [5.41, 5.74) is 2.77. The first kappa shape index (κ1) is 15.6. The Hall–Kier alpha value is -1.88. The molecule has 2 amide bonds. The number of amides is 2. The van der Waals surface area contributed by atoms with E-state index in [0.717, 1.165) is 45.3 Å². The minimum atomic E-state index is -0.314. The molecular formula is C19H25N3O2. The van der Waals surface area contributed by atoms with Crippen molar-refractivity contribution in [2.24, 2.45) is 0 Å². The number of carbonyl (C=O) groups excluding carboxylic acids is 2. The summed E-state index contributed by atoms with van der Waals surface area (Å²) in [5.74, 6) is 0.153. The molecule has 2 saturated heterocycles. The summed E-state index contributed by atoms with van der Waals surface area (Å²) in [4.78, 5) is 29.2. The Bertz CT molecular complexity index is 614. The Morgan fingerprint density at radius 2 is 1.75 bits per heavy atom. The maximum atomic E-state index is 12.6. The fraction of sp³-hybridized carbons (Fsp3) is 0.579. The van der Waals surface area contributed by atoms with E-state index in [1.807, 2.05) is 4.90 Å². The third kappa shape index (κ3) is 2.93. The molecule has 1 atom stereocenters. The predicted molar refractivity (Wildman–Crippen MR) is 91.6 cm³/mol. The lowest BCUT2D eigenvalue weighted by molar-refractivity contribution is -0.139. The van der Waals surface area contributed by atoms with Gasteiger partial charge >= 0.3 is 0 Å². The van der Waals surface area contributed by atoms with Crippen molar-refractivity contribution in [3.63, 3.8) is 0 Å². The molecule has 24 heavy (non-hydrogen) atoms. The van der Waals surface area contributed by atoms with Gasteiger partial charge in [-0.05, 0) is 36.8 Å². The van der Waals surface area contributed by atoms with Gasteiger partial charge in [0.25, 0.3) is 0 Å². The summed E-state index contributed by atoms with van der Waals surface area (Å²) < 4.78 is 0. The van der Waals surface area contributed by atoms with Crippen LogP contribution in [0, 0.1) is 0 Å². The molecule has 3 aliphatic rings. The van der Waals surface area contributed by atoms with E-state index in [2.05, 4.69) is 34.5 Å². The summed E-state index contributed by atoms with van der Waals surface area (Å²) >= 11 is 0. The lowest BCUT2D eigenvalue weighted by Crippen LogP contribution is -2.59. The van der Waals surface area contributed by atoms with Crippen LogP contribution < -0.4 is 5.32 Å². The van der Waals surface area contributed by atoms with E-state index in [-0.39, 0.29) is 17.9 Å². The molecule has 0 saturated carbocycles. The van der Waals surface area contributed by atoms with Gasteiger partial charge in [-0.25, -0.2) is 0 Å². The number of hydrogen-bond donors (Lipinski definition) is 1. The molecule has 1 aromatic rings. The van der Waals surface area contributed by atoms with Crippen molar-refractivity contribution >= 4 is 11.8 Å². The van der Waals surface area contributed by atoms with Gasteiger partial charge in [-0.2, -0.15) is 0 Å². The van der Waals surface area contributed by atoms with Crippen LogP contribution in [0.2, 0.25) is 0 Å². The first-order valence-electron chi connectivity index (χ1n) is 9.10. The van der Waals surface area contributed by atoms with E-state index >= 15 is 0 Å². The second-order valence-electron chi connectivity index (χ2n) is 7.17. The largest absolute Gasteiger partial charge is 0.353 e. The molecule has 0 radical (unpaired) electrons. The molecule has 0 spiro atoms. The Morgan fingerprint density at radius 3 is 2.42 bits per heavy atom. The Morgan fingerprint density at radius 1 is 1.08 bits per heavy atom. The number of piperazine rings is 1. The van der Waals surface area contributed by atoms with E-state index < -0.39 is 0 Å². The number of nitrogens with zero attached hydrogens (tertiary/aromatic N) is 2. The molecule has 1 unspecified atom stereocenters. The number of fused-ring (bicyclic) bond motifs is 1. The summed E-state index contributed by atoms with van der Waals surface area (Å²) in [6.45, 7) is 3.21. The van der Waals surface area contributed by atoms with E-state index in [1.165, 1.54) is 11.1 Å². The molecule has 5 nitrogen and oxygen atoms in total. The van der Waals surface area contributed by atoms with Gasteiger partial charge in [0, 0.05) is 32.2 Å². The van der Waals surface area contributed by atoms with Crippen LogP contribution in [0.25, 0.3) is 0 Å². The lowest BCUT2D eigenvalue weighted by atomic mass is 10.0.